The van der Waals surface area contributed by atoms with Crippen molar-refractivity contribution >= 4 is 22.4 Å². The molecule has 3 aromatic carbocycles. The highest BCUT2D eigenvalue weighted by Crippen LogP contribution is 2.39. The van der Waals surface area contributed by atoms with Crippen LogP contribution < -0.4 is 10.1 Å². The molecule has 4 aromatic rings. The molecule has 0 fully saturated rings. The van der Waals surface area contributed by atoms with E-state index in [2.05, 4.69) is 67.7 Å². The Balaban J connectivity index is 1.59. The third-order valence-electron chi connectivity index (χ3n) is 4.63. The number of para-hydroxylation sites is 1. The van der Waals surface area contributed by atoms with Crippen LogP contribution in [-0.4, -0.2) is 17.5 Å². The maximum atomic E-state index is 12.4. The zero-order valence-corrected chi connectivity index (χ0v) is 17.7. The molecule has 0 radical (unpaired) electrons. The van der Waals surface area contributed by atoms with Gasteiger partial charge in [-0.15, -0.1) is 0 Å². The predicted octanol–water partition coefficient (Wildman–Crippen LogP) is 6.11. The van der Waals surface area contributed by atoms with Gasteiger partial charge in [-0.3, -0.25) is 10.1 Å². The predicted molar refractivity (Wildman–Crippen MR) is 123 cm³/mol. The Kier molecular flexibility index (Phi) is 5.91. The number of aryl methyl sites for hydroxylation is 2. The number of rotatable bonds is 6. The van der Waals surface area contributed by atoms with E-state index in [4.69, 9.17) is 9.72 Å². The zero-order chi connectivity index (χ0) is 20.9. The standard InChI is InChI=1S/C25H22N2O2S/c1-17-8-12-19(13-9-17)23-24(20-14-10-18(2)11-15-20)30-25(27-23)26-22(28)16-29-21-6-4-3-5-7-21/h3-15H,16H2,1-2H3,(H,26,27,28). The van der Waals surface area contributed by atoms with Crippen LogP contribution in [0.2, 0.25) is 0 Å². The van der Waals surface area contributed by atoms with E-state index in [1.165, 1.54) is 22.5 Å². The Bertz CT molecular complexity index is 1070. The SMILES string of the molecule is Cc1ccc(-c2nc(NC(=O)COc3ccccc3)sc2-c2ccc(C)cc2)cc1. The number of thiazole rings is 1. The lowest BCUT2D eigenvalue weighted by Gasteiger charge is -2.05. The van der Waals surface area contributed by atoms with Crippen LogP contribution in [-0.2, 0) is 4.79 Å². The molecule has 0 saturated carbocycles. The van der Waals surface area contributed by atoms with E-state index in [0.29, 0.717) is 10.9 Å². The summed E-state index contributed by atoms with van der Waals surface area (Å²) in [7, 11) is 0. The Hall–Kier alpha value is -3.44. The average molecular weight is 415 g/mol. The topological polar surface area (TPSA) is 51.2 Å². The molecule has 0 bridgehead atoms. The molecule has 0 unspecified atom stereocenters. The van der Waals surface area contributed by atoms with Crippen LogP contribution in [0.1, 0.15) is 11.1 Å². The third-order valence-corrected chi connectivity index (χ3v) is 5.65. The fraction of sp³-hybridized carbons (Fsp3) is 0.120. The lowest BCUT2D eigenvalue weighted by atomic mass is 10.0. The van der Waals surface area contributed by atoms with Gasteiger partial charge in [-0.1, -0.05) is 89.2 Å². The van der Waals surface area contributed by atoms with Crippen molar-refractivity contribution < 1.29 is 9.53 Å². The van der Waals surface area contributed by atoms with Gasteiger partial charge < -0.3 is 4.74 Å². The summed E-state index contributed by atoms with van der Waals surface area (Å²) in [5.41, 5.74) is 5.36. The van der Waals surface area contributed by atoms with E-state index >= 15 is 0 Å². The van der Waals surface area contributed by atoms with E-state index in [1.54, 1.807) is 0 Å². The minimum Gasteiger partial charge on any atom is -0.484 e. The molecule has 30 heavy (non-hydrogen) atoms. The molecule has 0 spiro atoms. The largest absolute Gasteiger partial charge is 0.484 e. The molecule has 0 saturated heterocycles. The maximum absolute atomic E-state index is 12.4. The zero-order valence-electron chi connectivity index (χ0n) is 16.9. The van der Waals surface area contributed by atoms with Crippen molar-refractivity contribution in [3.8, 4) is 27.4 Å². The first-order chi connectivity index (χ1) is 14.6. The molecule has 0 aliphatic heterocycles. The second-order valence-electron chi connectivity index (χ2n) is 7.08. The van der Waals surface area contributed by atoms with Gasteiger partial charge in [0.1, 0.15) is 5.75 Å². The summed E-state index contributed by atoms with van der Waals surface area (Å²) in [4.78, 5) is 18.2. The molecule has 1 N–H and O–H groups in total. The molecule has 1 heterocycles. The number of amides is 1. The van der Waals surface area contributed by atoms with E-state index in [1.807, 2.05) is 30.3 Å². The van der Waals surface area contributed by atoms with E-state index in [0.717, 1.165) is 21.7 Å². The number of aromatic nitrogens is 1. The van der Waals surface area contributed by atoms with Crippen LogP contribution in [0.5, 0.6) is 5.75 Å². The first-order valence-corrected chi connectivity index (χ1v) is 10.5. The van der Waals surface area contributed by atoms with Crippen LogP contribution in [0.3, 0.4) is 0 Å². The Labute approximate surface area is 180 Å². The molecule has 4 nitrogen and oxygen atoms in total. The number of anilines is 1. The Morgan fingerprint density at radius 1 is 0.867 bits per heavy atom. The van der Waals surface area contributed by atoms with Gasteiger partial charge in [0, 0.05) is 5.56 Å². The minimum atomic E-state index is -0.237. The van der Waals surface area contributed by atoms with E-state index in [-0.39, 0.29) is 12.5 Å². The molecule has 5 heteroatoms. The molecule has 1 amide bonds. The number of carbonyl (C=O) groups is 1. The second-order valence-corrected chi connectivity index (χ2v) is 8.08. The molecule has 1 aromatic heterocycles. The molecule has 0 atom stereocenters. The van der Waals surface area contributed by atoms with Crippen LogP contribution in [0, 0.1) is 13.8 Å². The van der Waals surface area contributed by atoms with Crippen molar-refractivity contribution in [2.24, 2.45) is 0 Å². The second kappa shape index (κ2) is 8.93. The average Bonchev–Trinajstić information content (AvgIpc) is 3.17. The summed E-state index contributed by atoms with van der Waals surface area (Å²) in [6, 6.07) is 25.9. The third kappa shape index (κ3) is 4.75. The van der Waals surface area contributed by atoms with Crippen molar-refractivity contribution in [3.63, 3.8) is 0 Å². The first kappa shape index (κ1) is 19.9. The number of ether oxygens (including phenoxy) is 1. The van der Waals surface area contributed by atoms with E-state index < -0.39 is 0 Å². The van der Waals surface area contributed by atoms with Crippen LogP contribution in [0.4, 0.5) is 5.13 Å². The van der Waals surface area contributed by atoms with Gasteiger partial charge in [-0.25, -0.2) is 4.98 Å². The maximum Gasteiger partial charge on any atom is 0.264 e. The van der Waals surface area contributed by atoms with Crippen molar-refractivity contribution in [1.29, 1.82) is 0 Å². The minimum absolute atomic E-state index is 0.0661. The van der Waals surface area contributed by atoms with Gasteiger partial charge in [0.2, 0.25) is 0 Å². The Morgan fingerprint density at radius 2 is 1.47 bits per heavy atom. The van der Waals surface area contributed by atoms with E-state index in [9.17, 15) is 4.79 Å². The van der Waals surface area contributed by atoms with Gasteiger partial charge in [0.15, 0.2) is 11.7 Å². The number of nitrogens with one attached hydrogen (secondary N) is 1. The summed E-state index contributed by atoms with van der Waals surface area (Å²) < 4.78 is 5.54. The smallest absolute Gasteiger partial charge is 0.264 e. The van der Waals surface area contributed by atoms with Crippen molar-refractivity contribution in [1.82, 2.24) is 4.98 Å². The lowest BCUT2D eigenvalue weighted by molar-refractivity contribution is -0.118. The summed E-state index contributed by atoms with van der Waals surface area (Å²) in [5, 5.41) is 3.44. The number of carbonyl (C=O) groups excluding carboxylic acids is 1. The molecular formula is C25H22N2O2S. The molecular weight excluding hydrogens is 392 g/mol. The highest BCUT2D eigenvalue weighted by atomic mass is 32.1. The van der Waals surface area contributed by atoms with Gasteiger partial charge in [0.05, 0.1) is 10.6 Å². The molecule has 150 valence electrons. The van der Waals surface area contributed by atoms with Crippen LogP contribution >= 0.6 is 11.3 Å². The normalized spacial score (nSPS) is 10.6. The van der Waals surface area contributed by atoms with Crippen molar-refractivity contribution in [3.05, 3.63) is 90.0 Å². The molecule has 0 aliphatic rings. The first-order valence-electron chi connectivity index (χ1n) is 9.71. The van der Waals surface area contributed by atoms with Crippen LogP contribution in [0.15, 0.2) is 78.9 Å². The fourth-order valence-electron chi connectivity index (χ4n) is 3.00. The summed E-state index contributed by atoms with van der Waals surface area (Å²) in [6.07, 6.45) is 0. The van der Waals surface area contributed by atoms with Crippen LogP contribution in [0.25, 0.3) is 21.7 Å². The summed E-state index contributed by atoms with van der Waals surface area (Å²) in [6.45, 7) is 4.06. The van der Waals surface area contributed by atoms with Gasteiger partial charge in [-0.05, 0) is 31.5 Å². The summed E-state index contributed by atoms with van der Waals surface area (Å²) >= 11 is 1.47. The number of nitrogens with zero attached hydrogens (tertiary/aromatic N) is 1. The quantitative estimate of drug-likeness (QED) is 0.414. The summed E-state index contributed by atoms with van der Waals surface area (Å²) in [5.74, 6) is 0.422. The monoisotopic (exact) mass is 414 g/mol. The highest BCUT2D eigenvalue weighted by Gasteiger charge is 2.16. The van der Waals surface area contributed by atoms with Gasteiger partial charge >= 0.3 is 0 Å². The lowest BCUT2D eigenvalue weighted by Crippen LogP contribution is -2.19. The van der Waals surface area contributed by atoms with Gasteiger partial charge in [-0.2, -0.15) is 0 Å². The van der Waals surface area contributed by atoms with Gasteiger partial charge in [0.25, 0.3) is 5.91 Å². The number of benzene rings is 3. The molecule has 4 rings (SSSR count). The number of hydrogen-bond donors (Lipinski definition) is 1. The Morgan fingerprint density at radius 3 is 2.10 bits per heavy atom. The highest BCUT2D eigenvalue weighted by molar-refractivity contribution is 7.19. The molecule has 0 aliphatic carbocycles. The fourth-order valence-corrected chi connectivity index (χ4v) is 4.01. The van der Waals surface area contributed by atoms with Crippen molar-refractivity contribution in [2.75, 3.05) is 11.9 Å². The van der Waals surface area contributed by atoms with Crippen molar-refractivity contribution in [2.45, 2.75) is 13.8 Å². The number of hydrogen-bond acceptors (Lipinski definition) is 4.